The first kappa shape index (κ1) is 23.0. The Bertz CT molecular complexity index is 1410. The fraction of sp³-hybridized carbons (Fsp3) is 0.318. The van der Waals surface area contributed by atoms with Gasteiger partial charge in [-0.25, -0.2) is 8.42 Å². The van der Waals surface area contributed by atoms with Crippen molar-refractivity contribution >= 4 is 43.3 Å². The third-order valence-corrected chi connectivity index (χ3v) is 7.12. The van der Waals surface area contributed by atoms with Crippen molar-refractivity contribution in [2.24, 2.45) is 4.99 Å². The van der Waals surface area contributed by atoms with E-state index in [0.717, 1.165) is 17.6 Å². The zero-order chi connectivity index (χ0) is 23.8. The van der Waals surface area contributed by atoms with Crippen molar-refractivity contribution in [3.8, 4) is 11.5 Å². The van der Waals surface area contributed by atoms with Gasteiger partial charge < -0.3 is 18.8 Å². The quantitative estimate of drug-likeness (QED) is 0.505. The Balaban J connectivity index is 1.77. The number of rotatable bonds is 5. The number of ether oxygens (including phenoxy) is 3. The fourth-order valence-electron chi connectivity index (χ4n) is 3.41. The molecule has 0 aliphatic carbocycles. The second-order valence-electron chi connectivity index (χ2n) is 7.44. The number of hydrogen-bond acceptors (Lipinski definition) is 8. The molecule has 9 nitrogen and oxygen atoms in total. The van der Waals surface area contributed by atoms with E-state index in [1.807, 2.05) is 6.07 Å². The Kier molecular flexibility index (Phi) is 6.26. The molecule has 1 aromatic heterocycles. The summed E-state index contributed by atoms with van der Waals surface area (Å²) in [4.78, 5) is 29.9. The predicted octanol–water partition coefficient (Wildman–Crippen LogP) is 2.33. The van der Waals surface area contributed by atoms with Crippen LogP contribution in [0, 0.1) is 0 Å². The van der Waals surface area contributed by atoms with Crippen LogP contribution in [0.5, 0.6) is 11.5 Å². The van der Waals surface area contributed by atoms with E-state index in [1.54, 1.807) is 38.1 Å². The number of thiazole rings is 1. The molecule has 0 saturated carbocycles. The minimum absolute atomic E-state index is 0.131. The van der Waals surface area contributed by atoms with Crippen LogP contribution in [0.1, 0.15) is 13.8 Å². The van der Waals surface area contributed by atoms with Gasteiger partial charge in [-0.2, -0.15) is 4.99 Å². The molecule has 0 N–H and O–H groups in total. The van der Waals surface area contributed by atoms with Gasteiger partial charge in [0.1, 0.15) is 12.6 Å². The summed E-state index contributed by atoms with van der Waals surface area (Å²) in [6.07, 6.45) is -0.447. The summed E-state index contributed by atoms with van der Waals surface area (Å²) in [5.74, 6) is -0.0957. The van der Waals surface area contributed by atoms with Crippen LogP contribution in [0.3, 0.4) is 0 Å². The number of amides is 1. The molecule has 0 spiro atoms. The van der Waals surface area contributed by atoms with Crippen molar-refractivity contribution < 1.29 is 32.2 Å². The molecule has 0 fully saturated rings. The molecule has 0 radical (unpaired) electrons. The first-order valence-electron chi connectivity index (χ1n) is 10.2. The number of carbonyl (C=O) groups excluding carboxylic acids is 2. The molecule has 174 valence electrons. The number of fused-ring (bicyclic) bond motifs is 2. The second kappa shape index (κ2) is 8.99. The summed E-state index contributed by atoms with van der Waals surface area (Å²) in [5.41, 5.74) is 0.561. The van der Waals surface area contributed by atoms with Gasteiger partial charge in [-0.3, -0.25) is 9.59 Å². The minimum atomic E-state index is -3.43. The average molecular weight is 491 g/mol. The van der Waals surface area contributed by atoms with E-state index in [2.05, 4.69) is 4.99 Å². The fourth-order valence-corrected chi connectivity index (χ4v) is 5.20. The molecule has 1 aliphatic rings. The van der Waals surface area contributed by atoms with Crippen molar-refractivity contribution in [2.45, 2.75) is 37.5 Å². The third-order valence-electron chi connectivity index (χ3n) is 4.97. The molecule has 1 amide bonds. The highest BCUT2D eigenvalue weighted by atomic mass is 32.2. The summed E-state index contributed by atoms with van der Waals surface area (Å²) < 4.78 is 42.7. The minimum Gasteiger partial charge on any atom is -0.482 e. The van der Waals surface area contributed by atoms with E-state index < -0.39 is 33.9 Å². The van der Waals surface area contributed by atoms with Gasteiger partial charge in [-0.15, -0.1) is 0 Å². The maximum atomic E-state index is 13.1. The normalized spacial score (nSPS) is 18.3. The molecule has 11 heteroatoms. The number of sulfone groups is 1. The van der Waals surface area contributed by atoms with Crippen molar-refractivity contribution in [2.75, 3.05) is 12.9 Å². The highest BCUT2D eigenvalue weighted by molar-refractivity contribution is 7.90. The molecule has 3 aromatic rings. The molecule has 4 rings (SSSR count). The van der Waals surface area contributed by atoms with Crippen molar-refractivity contribution in [1.29, 1.82) is 0 Å². The Morgan fingerprint density at radius 2 is 1.85 bits per heavy atom. The van der Waals surface area contributed by atoms with E-state index in [1.165, 1.54) is 16.7 Å². The van der Waals surface area contributed by atoms with Crippen LogP contribution < -0.4 is 14.3 Å². The number of carbonyl (C=O) groups is 2. The van der Waals surface area contributed by atoms with Gasteiger partial charge >= 0.3 is 5.97 Å². The van der Waals surface area contributed by atoms with Crippen LogP contribution in [0.4, 0.5) is 0 Å². The van der Waals surface area contributed by atoms with Gasteiger partial charge in [0.25, 0.3) is 5.91 Å². The van der Waals surface area contributed by atoms with E-state index in [9.17, 15) is 18.0 Å². The van der Waals surface area contributed by atoms with E-state index in [4.69, 9.17) is 14.2 Å². The predicted molar refractivity (Wildman–Crippen MR) is 121 cm³/mol. The van der Waals surface area contributed by atoms with Gasteiger partial charge in [-0.05, 0) is 44.2 Å². The molecular weight excluding hydrogens is 468 g/mol. The second-order valence-corrected chi connectivity index (χ2v) is 10.5. The zero-order valence-corrected chi connectivity index (χ0v) is 19.8. The summed E-state index contributed by atoms with van der Waals surface area (Å²) in [5, 5.41) is 0. The van der Waals surface area contributed by atoms with Gasteiger partial charge in [0.05, 0.1) is 21.7 Å². The van der Waals surface area contributed by atoms with Crippen LogP contribution in [-0.4, -0.2) is 49.9 Å². The molecule has 1 aliphatic heterocycles. The summed E-state index contributed by atoms with van der Waals surface area (Å²) in [6.45, 7) is 3.43. The van der Waals surface area contributed by atoms with E-state index >= 15 is 0 Å². The van der Waals surface area contributed by atoms with Crippen LogP contribution >= 0.6 is 11.3 Å². The lowest BCUT2D eigenvalue weighted by Crippen LogP contribution is -2.43. The molecule has 2 heterocycles. The standard InChI is InChI=1S/C22H22N2O7S2/c1-4-29-19(25)12-24-15-10-9-14(33(3,27)28)11-18(15)32-22(24)23-21(26)20-13(2)30-16-7-5-6-8-17(16)31-20/h5-11,13,20H,4,12H2,1-3H3. The summed E-state index contributed by atoms with van der Waals surface area (Å²) >= 11 is 1.10. The van der Waals surface area contributed by atoms with Crippen molar-refractivity contribution in [3.63, 3.8) is 0 Å². The largest absolute Gasteiger partial charge is 0.482 e. The molecule has 0 bridgehead atoms. The number of aromatic nitrogens is 1. The number of nitrogens with zero attached hydrogens (tertiary/aromatic N) is 2. The molecule has 33 heavy (non-hydrogen) atoms. The first-order valence-corrected chi connectivity index (χ1v) is 12.9. The Morgan fingerprint density at radius 1 is 1.15 bits per heavy atom. The average Bonchev–Trinajstić information content (AvgIpc) is 3.08. The van der Waals surface area contributed by atoms with Gasteiger partial charge in [0.15, 0.2) is 26.1 Å². The maximum Gasteiger partial charge on any atom is 0.326 e. The van der Waals surface area contributed by atoms with Gasteiger partial charge in [0.2, 0.25) is 6.10 Å². The van der Waals surface area contributed by atoms with E-state index in [0.29, 0.717) is 21.7 Å². The summed E-state index contributed by atoms with van der Waals surface area (Å²) in [6, 6.07) is 11.6. The Hall–Kier alpha value is -3.18. The molecule has 0 saturated heterocycles. The van der Waals surface area contributed by atoms with Crippen LogP contribution in [0.15, 0.2) is 52.4 Å². The first-order chi connectivity index (χ1) is 15.7. The lowest BCUT2D eigenvalue weighted by molar-refractivity contribution is -0.143. The van der Waals surface area contributed by atoms with Crippen LogP contribution in [0.25, 0.3) is 10.2 Å². The highest BCUT2D eigenvalue weighted by Crippen LogP contribution is 2.33. The lowest BCUT2D eigenvalue weighted by atomic mass is 10.1. The van der Waals surface area contributed by atoms with Crippen LogP contribution in [0.2, 0.25) is 0 Å². The molecular formula is C22H22N2O7S2. The van der Waals surface area contributed by atoms with Gasteiger partial charge in [-0.1, -0.05) is 23.5 Å². The topological polar surface area (TPSA) is 113 Å². The highest BCUT2D eigenvalue weighted by Gasteiger charge is 2.34. The van der Waals surface area contributed by atoms with Crippen LogP contribution in [-0.2, 0) is 30.7 Å². The summed E-state index contributed by atoms with van der Waals surface area (Å²) in [7, 11) is -3.43. The number of para-hydroxylation sites is 2. The molecule has 2 aromatic carbocycles. The van der Waals surface area contributed by atoms with E-state index in [-0.39, 0.29) is 22.8 Å². The van der Waals surface area contributed by atoms with Crippen molar-refractivity contribution in [1.82, 2.24) is 4.57 Å². The molecule has 2 unspecified atom stereocenters. The lowest BCUT2D eigenvalue weighted by Gasteiger charge is -2.29. The monoisotopic (exact) mass is 490 g/mol. The maximum absolute atomic E-state index is 13.1. The van der Waals surface area contributed by atoms with Crippen molar-refractivity contribution in [3.05, 3.63) is 47.3 Å². The smallest absolute Gasteiger partial charge is 0.326 e. The number of benzene rings is 2. The Morgan fingerprint density at radius 3 is 2.52 bits per heavy atom. The number of esters is 1. The third kappa shape index (κ3) is 4.79. The SMILES string of the molecule is CCOC(=O)Cn1c(=NC(=O)C2Oc3ccccc3OC2C)sc2cc(S(C)(=O)=O)ccc21. The molecule has 2 atom stereocenters. The number of hydrogen-bond donors (Lipinski definition) is 0. The zero-order valence-electron chi connectivity index (χ0n) is 18.2. The van der Waals surface area contributed by atoms with Gasteiger partial charge in [0, 0.05) is 6.26 Å². The Labute approximate surface area is 194 Å².